The molecule has 0 atom stereocenters. The van der Waals surface area contributed by atoms with Gasteiger partial charge in [0.25, 0.3) is 0 Å². The predicted molar refractivity (Wildman–Crippen MR) is 117 cm³/mol. The zero-order valence-corrected chi connectivity index (χ0v) is 19.8. The van der Waals surface area contributed by atoms with Crippen molar-refractivity contribution < 1.29 is 49.1 Å². The molecule has 1 heterocycles. The molecule has 1 aromatic heterocycles. The van der Waals surface area contributed by atoms with Crippen LogP contribution in [0.15, 0.2) is 53.8 Å². The van der Waals surface area contributed by atoms with E-state index in [-0.39, 0.29) is 35.0 Å². The number of nitrogens with one attached hydrogen (secondary N) is 1. The minimum atomic E-state index is -4.79. The molecule has 7 nitrogen and oxygen atoms in total. The topological polar surface area (TPSA) is 109 Å². The number of alkyl halides is 6. The predicted octanol–water partition coefficient (Wildman–Crippen LogP) is 4.83. The van der Waals surface area contributed by atoms with Crippen molar-refractivity contribution in [3.8, 4) is 11.3 Å². The molecule has 3 aromatic rings. The molecule has 15 heteroatoms. The Morgan fingerprint density at radius 2 is 1.49 bits per heavy atom. The van der Waals surface area contributed by atoms with E-state index in [1.807, 2.05) is 0 Å². The standard InChI is InChI=1S/C12H9FN2O4S.C10H9F6N/c1-20(18,19)12-14-6-9(11(16)17)10(15-12)7-2-4-8(13)5-3-7;1-17-5-6-2-7(9(11,12)13)4-8(3-6)10(14,15)16/h2-6H,1H3,(H,16,17);2-4,17H,5H2,1H3. The summed E-state index contributed by atoms with van der Waals surface area (Å²) in [6, 6.07) is 6.40. The summed E-state index contributed by atoms with van der Waals surface area (Å²) in [4.78, 5) is 18.4. The molecule has 0 radical (unpaired) electrons. The Kier molecular flexibility index (Phi) is 8.98. The van der Waals surface area contributed by atoms with Crippen LogP contribution in [0.25, 0.3) is 11.3 Å². The number of hydrogen-bond acceptors (Lipinski definition) is 6. The van der Waals surface area contributed by atoms with Crippen LogP contribution in [0.2, 0.25) is 0 Å². The van der Waals surface area contributed by atoms with Gasteiger partial charge >= 0.3 is 18.3 Å². The van der Waals surface area contributed by atoms with Gasteiger partial charge < -0.3 is 10.4 Å². The number of hydrogen-bond donors (Lipinski definition) is 2. The maximum Gasteiger partial charge on any atom is 0.416 e. The second-order valence-corrected chi connectivity index (χ2v) is 9.35. The van der Waals surface area contributed by atoms with Crippen molar-refractivity contribution >= 4 is 15.8 Å². The second kappa shape index (κ2) is 11.2. The third kappa shape index (κ3) is 8.21. The second-order valence-electron chi connectivity index (χ2n) is 7.44. The Morgan fingerprint density at radius 1 is 0.973 bits per heavy atom. The molecule has 200 valence electrons. The number of carboxylic acids is 1. The molecule has 0 amide bonds. The lowest BCUT2D eigenvalue weighted by Crippen LogP contribution is -2.14. The molecular formula is C22H18F7N3O4S. The first-order chi connectivity index (χ1) is 16.9. The van der Waals surface area contributed by atoms with Crippen LogP contribution in [0.4, 0.5) is 30.7 Å². The number of sulfone groups is 1. The van der Waals surface area contributed by atoms with Gasteiger partial charge in [-0.25, -0.2) is 27.6 Å². The summed E-state index contributed by atoms with van der Waals surface area (Å²) in [5, 5.41) is 11.1. The molecule has 2 N–H and O–H groups in total. The van der Waals surface area contributed by atoms with Gasteiger partial charge in [-0.3, -0.25) is 0 Å². The Morgan fingerprint density at radius 3 is 1.89 bits per heavy atom. The molecule has 0 saturated heterocycles. The van der Waals surface area contributed by atoms with E-state index < -0.39 is 50.3 Å². The SMILES string of the molecule is CNCc1cc(C(F)(F)F)cc(C(F)(F)F)c1.CS(=O)(=O)c1ncc(C(=O)O)c(-c2ccc(F)cc2)n1. The smallest absolute Gasteiger partial charge is 0.416 e. The maximum atomic E-state index is 12.9. The molecule has 0 fully saturated rings. The quantitative estimate of drug-likeness (QED) is 0.344. The van der Waals surface area contributed by atoms with Gasteiger partial charge in [0, 0.05) is 24.6 Å². The zero-order valence-electron chi connectivity index (χ0n) is 18.9. The Hall–Kier alpha value is -3.59. The molecule has 0 aliphatic rings. The number of aromatic carboxylic acids is 1. The molecule has 0 bridgehead atoms. The van der Waals surface area contributed by atoms with E-state index in [1.54, 1.807) is 0 Å². The van der Waals surface area contributed by atoms with E-state index >= 15 is 0 Å². The van der Waals surface area contributed by atoms with Crippen LogP contribution in [-0.4, -0.2) is 42.8 Å². The van der Waals surface area contributed by atoms with Crippen molar-refractivity contribution in [2.75, 3.05) is 13.3 Å². The number of carbonyl (C=O) groups is 1. The average Bonchev–Trinajstić information content (AvgIpc) is 2.78. The number of carboxylic acid groups (broad SMARTS) is 1. The summed E-state index contributed by atoms with van der Waals surface area (Å²) in [6.45, 7) is -0.0625. The summed E-state index contributed by atoms with van der Waals surface area (Å²) >= 11 is 0. The van der Waals surface area contributed by atoms with Crippen LogP contribution < -0.4 is 5.32 Å². The van der Waals surface area contributed by atoms with E-state index in [1.165, 1.54) is 19.2 Å². The van der Waals surface area contributed by atoms with E-state index in [4.69, 9.17) is 5.11 Å². The number of benzene rings is 2. The molecular weight excluding hydrogens is 535 g/mol. The summed E-state index contributed by atoms with van der Waals surface area (Å²) in [5.74, 6) is -1.80. The van der Waals surface area contributed by atoms with Gasteiger partial charge in [0.1, 0.15) is 11.4 Å². The van der Waals surface area contributed by atoms with Crippen LogP contribution in [0.3, 0.4) is 0 Å². The monoisotopic (exact) mass is 553 g/mol. The fraction of sp³-hybridized carbons (Fsp3) is 0.227. The maximum absolute atomic E-state index is 12.9. The molecule has 0 aliphatic carbocycles. The normalized spacial score (nSPS) is 12.0. The number of halogens is 7. The van der Waals surface area contributed by atoms with E-state index in [0.717, 1.165) is 24.6 Å². The van der Waals surface area contributed by atoms with E-state index in [0.29, 0.717) is 12.1 Å². The zero-order chi connectivity index (χ0) is 28.2. The molecule has 0 unspecified atom stereocenters. The largest absolute Gasteiger partial charge is 0.478 e. The van der Waals surface area contributed by atoms with Gasteiger partial charge in [-0.15, -0.1) is 0 Å². The van der Waals surface area contributed by atoms with Crippen molar-refractivity contribution in [2.24, 2.45) is 0 Å². The first kappa shape index (κ1) is 29.6. The molecule has 37 heavy (non-hydrogen) atoms. The summed E-state index contributed by atoms with van der Waals surface area (Å²) < 4.78 is 110. The van der Waals surface area contributed by atoms with E-state index in [9.17, 15) is 43.9 Å². The average molecular weight is 553 g/mol. The lowest BCUT2D eigenvalue weighted by Gasteiger charge is -2.13. The lowest BCUT2D eigenvalue weighted by atomic mass is 10.0. The first-order valence-corrected chi connectivity index (χ1v) is 11.8. The summed E-state index contributed by atoms with van der Waals surface area (Å²) in [6.07, 6.45) is -7.74. The number of nitrogens with zero attached hydrogens (tertiary/aromatic N) is 2. The van der Waals surface area contributed by atoms with Gasteiger partial charge in [0.15, 0.2) is 0 Å². The molecule has 0 saturated carbocycles. The highest BCUT2D eigenvalue weighted by molar-refractivity contribution is 7.90. The van der Waals surface area contributed by atoms with Crippen molar-refractivity contribution in [3.63, 3.8) is 0 Å². The van der Waals surface area contributed by atoms with Crippen LogP contribution in [0.5, 0.6) is 0 Å². The van der Waals surface area contributed by atoms with Crippen LogP contribution in [0, 0.1) is 5.82 Å². The number of rotatable bonds is 5. The molecule has 3 rings (SSSR count). The lowest BCUT2D eigenvalue weighted by molar-refractivity contribution is -0.143. The third-order valence-corrected chi connectivity index (χ3v) is 5.33. The van der Waals surface area contributed by atoms with Crippen molar-refractivity contribution in [3.05, 3.63) is 76.7 Å². The third-order valence-electron chi connectivity index (χ3n) is 4.47. The van der Waals surface area contributed by atoms with Crippen LogP contribution >= 0.6 is 0 Å². The fourth-order valence-electron chi connectivity index (χ4n) is 2.85. The molecule has 2 aromatic carbocycles. The van der Waals surface area contributed by atoms with Gasteiger partial charge in [-0.1, -0.05) is 0 Å². The Labute approximate surface area is 205 Å². The van der Waals surface area contributed by atoms with Crippen molar-refractivity contribution in [2.45, 2.75) is 24.1 Å². The number of aromatic nitrogens is 2. The fourth-order valence-corrected chi connectivity index (χ4v) is 3.36. The van der Waals surface area contributed by atoms with Crippen molar-refractivity contribution in [1.29, 1.82) is 0 Å². The minimum absolute atomic E-state index is 0.0605. The van der Waals surface area contributed by atoms with Crippen molar-refractivity contribution in [1.82, 2.24) is 15.3 Å². The highest BCUT2D eigenvalue weighted by atomic mass is 32.2. The molecule has 0 spiro atoms. The highest BCUT2D eigenvalue weighted by Crippen LogP contribution is 2.36. The molecule has 0 aliphatic heterocycles. The van der Waals surface area contributed by atoms with Gasteiger partial charge in [-0.05, 0) is 55.1 Å². The summed E-state index contributed by atoms with van der Waals surface area (Å²) in [7, 11) is -2.24. The Balaban J connectivity index is 0.000000264. The van der Waals surface area contributed by atoms with Gasteiger partial charge in [-0.2, -0.15) is 26.3 Å². The summed E-state index contributed by atoms with van der Waals surface area (Å²) in [5.41, 5.74) is -2.70. The van der Waals surface area contributed by atoms with Gasteiger partial charge in [0.05, 0.1) is 16.8 Å². The highest BCUT2D eigenvalue weighted by Gasteiger charge is 2.36. The van der Waals surface area contributed by atoms with Gasteiger partial charge in [0.2, 0.25) is 15.0 Å². The van der Waals surface area contributed by atoms with E-state index in [2.05, 4.69) is 15.3 Å². The van der Waals surface area contributed by atoms with Crippen LogP contribution in [-0.2, 0) is 28.7 Å². The Bertz CT molecular complexity index is 1340. The first-order valence-electron chi connectivity index (χ1n) is 9.92. The minimum Gasteiger partial charge on any atom is -0.478 e. The van der Waals surface area contributed by atoms with Crippen LogP contribution in [0.1, 0.15) is 27.0 Å².